The predicted molar refractivity (Wildman–Crippen MR) is 97.2 cm³/mol. The Morgan fingerprint density at radius 2 is 2.04 bits per heavy atom. The monoisotopic (exact) mass is 364 g/mol. The number of aryl methyl sites for hydroxylation is 3. The maximum absolute atomic E-state index is 12.3. The van der Waals surface area contributed by atoms with Crippen LogP contribution >= 0.6 is 11.3 Å². The number of amides is 1. The molecule has 1 aliphatic rings. The van der Waals surface area contributed by atoms with Crippen LogP contribution in [-0.4, -0.2) is 30.8 Å². The third-order valence-corrected chi connectivity index (χ3v) is 6.92. The summed E-state index contributed by atoms with van der Waals surface area (Å²) in [4.78, 5) is 17.8. The zero-order chi connectivity index (χ0) is 17.5. The molecule has 0 saturated carbocycles. The quantitative estimate of drug-likeness (QED) is 0.908. The van der Waals surface area contributed by atoms with Crippen molar-refractivity contribution < 1.29 is 13.2 Å². The molecule has 0 radical (unpaired) electrons. The van der Waals surface area contributed by atoms with Crippen LogP contribution in [0.5, 0.6) is 0 Å². The van der Waals surface area contributed by atoms with Crippen molar-refractivity contribution in [1.29, 1.82) is 0 Å². The van der Waals surface area contributed by atoms with Gasteiger partial charge in [-0.1, -0.05) is 23.8 Å². The fraction of sp³-hybridized carbons (Fsp3) is 0.412. The Balaban J connectivity index is 1.80. The lowest BCUT2D eigenvalue weighted by molar-refractivity contribution is -0.119. The summed E-state index contributed by atoms with van der Waals surface area (Å²) in [6, 6.07) is 6.19. The van der Waals surface area contributed by atoms with Crippen LogP contribution in [0.4, 0.5) is 5.13 Å². The lowest BCUT2D eigenvalue weighted by Crippen LogP contribution is -2.23. The minimum atomic E-state index is -3.07. The van der Waals surface area contributed by atoms with Crippen molar-refractivity contribution in [2.24, 2.45) is 5.92 Å². The largest absolute Gasteiger partial charge is 0.302 e. The smallest absolute Gasteiger partial charge is 0.230 e. The number of benzene rings is 1. The van der Waals surface area contributed by atoms with Gasteiger partial charge in [-0.2, -0.15) is 0 Å². The van der Waals surface area contributed by atoms with Crippen LogP contribution in [-0.2, 0) is 14.6 Å². The molecule has 1 fully saturated rings. The number of hydrogen-bond donors (Lipinski definition) is 1. The number of rotatable bonds is 3. The summed E-state index contributed by atoms with van der Waals surface area (Å²) in [7, 11) is -3.07. The molecule has 7 heteroatoms. The molecule has 2 heterocycles. The number of sulfone groups is 1. The van der Waals surface area contributed by atoms with Gasteiger partial charge in [0.1, 0.15) is 0 Å². The average Bonchev–Trinajstić information content (AvgIpc) is 3.02. The molecule has 24 heavy (non-hydrogen) atoms. The van der Waals surface area contributed by atoms with Crippen molar-refractivity contribution in [3.63, 3.8) is 0 Å². The summed E-state index contributed by atoms with van der Waals surface area (Å²) in [6.07, 6.45) is 0.391. The van der Waals surface area contributed by atoms with Crippen LogP contribution in [0.1, 0.15) is 22.4 Å². The van der Waals surface area contributed by atoms with Crippen LogP contribution in [0.15, 0.2) is 18.2 Å². The molecule has 5 nitrogen and oxygen atoms in total. The van der Waals surface area contributed by atoms with Gasteiger partial charge in [0.2, 0.25) is 5.91 Å². The van der Waals surface area contributed by atoms with Gasteiger partial charge in [-0.15, -0.1) is 11.3 Å². The molecule has 1 saturated heterocycles. The molecule has 1 unspecified atom stereocenters. The summed E-state index contributed by atoms with van der Waals surface area (Å²) in [5.41, 5.74) is 4.26. The van der Waals surface area contributed by atoms with Crippen LogP contribution in [0.3, 0.4) is 0 Å². The molecular weight excluding hydrogens is 344 g/mol. The highest BCUT2D eigenvalue weighted by Gasteiger charge is 2.33. The van der Waals surface area contributed by atoms with E-state index < -0.39 is 15.8 Å². The first kappa shape index (κ1) is 17.1. The topological polar surface area (TPSA) is 76.1 Å². The van der Waals surface area contributed by atoms with Gasteiger partial charge in [0.25, 0.3) is 0 Å². The molecule has 3 rings (SSSR count). The molecule has 1 amide bonds. The first-order valence-corrected chi connectivity index (χ1v) is 10.5. The van der Waals surface area contributed by atoms with E-state index >= 15 is 0 Å². The fourth-order valence-corrected chi connectivity index (χ4v) is 5.56. The van der Waals surface area contributed by atoms with Crippen molar-refractivity contribution in [3.05, 3.63) is 34.2 Å². The molecule has 128 valence electrons. The summed E-state index contributed by atoms with van der Waals surface area (Å²) < 4.78 is 23.0. The predicted octanol–water partition coefficient (Wildman–Crippen LogP) is 3.11. The van der Waals surface area contributed by atoms with Gasteiger partial charge in [-0.3, -0.25) is 4.79 Å². The number of anilines is 1. The van der Waals surface area contributed by atoms with Crippen molar-refractivity contribution in [3.8, 4) is 11.3 Å². The highest BCUT2D eigenvalue weighted by atomic mass is 32.2. The molecule has 1 N–H and O–H groups in total. The highest BCUT2D eigenvalue weighted by Crippen LogP contribution is 2.33. The van der Waals surface area contributed by atoms with Gasteiger partial charge < -0.3 is 5.32 Å². The number of nitrogens with one attached hydrogen (secondary N) is 1. The molecule has 1 aliphatic heterocycles. The number of hydrogen-bond acceptors (Lipinski definition) is 5. The maximum atomic E-state index is 12.3. The first-order chi connectivity index (χ1) is 11.2. The maximum Gasteiger partial charge on any atom is 0.230 e. The molecule has 1 aromatic heterocycles. The van der Waals surface area contributed by atoms with Gasteiger partial charge in [-0.25, -0.2) is 13.4 Å². The van der Waals surface area contributed by atoms with Gasteiger partial charge in [0.05, 0.1) is 23.1 Å². The Morgan fingerprint density at radius 3 is 2.67 bits per heavy atom. The standard InChI is InChI=1S/C17H20N2O3S2/c1-10-4-5-14(11(2)8-10)15-12(3)23-17(18-15)19-16(20)13-6-7-24(21,22)9-13/h4-5,8,13H,6-7,9H2,1-3H3,(H,18,19,20). The second-order valence-corrected chi connectivity index (χ2v) is 9.76. The van der Waals surface area contributed by atoms with E-state index in [0.29, 0.717) is 11.6 Å². The molecule has 0 bridgehead atoms. The van der Waals surface area contributed by atoms with E-state index in [1.165, 1.54) is 16.9 Å². The SMILES string of the molecule is Cc1ccc(-c2nc(NC(=O)C3CCS(=O)(=O)C3)sc2C)c(C)c1. The Hall–Kier alpha value is -1.73. The Bertz CT molecular complexity index is 901. The van der Waals surface area contributed by atoms with Crippen molar-refractivity contribution >= 4 is 32.2 Å². The zero-order valence-corrected chi connectivity index (χ0v) is 15.6. The Kier molecular flexibility index (Phi) is 4.48. The summed E-state index contributed by atoms with van der Waals surface area (Å²) in [5, 5.41) is 3.31. The summed E-state index contributed by atoms with van der Waals surface area (Å²) >= 11 is 1.42. The van der Waals surface area contributed by atoms with Gasteiger partial charge in [0, 0.05) is 10.4 Å². The van der Waals surface area contributed by atoms with E-state index in [0.717, 1.165) is 21.7 Å². The lowest BCUT2D eigenvalue weighted by Gasteiger charge is -2.07. The van der Waals surface area contributed by atoms with Crippen LogP contribution in [0, 0.1) is 26.7 Å². The fourth-order valence-electron chi connectivity index (χ4n) is 2.99. The van der Waals surface area contributed by atoms with Gasteiger partial charge in [0.15, 0.2) is 15.0 Å². The van der Waals surface area contributed by atoms with Gasteiger partial charge in [-0.05, 0) is 32.8 Å². The van der Waals surface area contributed by atoms with E-state index in [4.69, 9.17) is 0 Å². The average molecular weight is 364 g/mol. The molecule has 0 aliphatic carbocycles. The van der Waals surface area contributed by atoms with E-state index in [1.54, 1.807) is 0 Å². The number of thiazole rings is 1. The lowest BCUT2D eigenvalue weighted by atomic mass is 10.0. The van der Waals surface area contributed by atoms with Crippen molar-refractivity contribution in [1.82, 2.24) is 4.98 Å². The molecule has 1 aromatic carbocycles. The third-order valence-electron chi connectivity index (χ3n) is 4.27. The third kappa shape index (κ3) is 3.52. The summed E-state index contributed by atoms with van der Waals surface area (Å²) in [5.74, 6) is -0.691. The van der Waals surface area contributed by atoms with Gasteiger partial charge >= 0.3 is 0 Å². The van der Waals surface area contributed by atoms with Crippen LogP contribution in [0.25, 0.3) is 11.3 Å². The van der Waals surface area contributed by atoms with E-state index in [2.05, 4.69) is 16.4 Å². The molecule has 0 spiro atoms. The highest BCUT2D eigenvalue weighted by molar-refractivity contribution is 7.91. The van der Waals surface area contributed by atoms with Crippen LogP contribution in [0.2, 0.25) is 0 Å². The number of carbonyl (C=O) groups is 1. The zero-order valence-electron chi connectivity index (χ0n) is 13.9. The van der Waals surface area contributed by atoms with Crippen molar-refractivity contribution in [2.45, 2.75) is 27.2 Å². The minimum Gasteiger partial charge on any atom is -0.302 e. The Morgan fingerprint density at radius 1 is 1.29 bits per heavy atom. The van der Waals surface area contributed by atoms with E-state index in [1.807, 2.05) is 32.9 Å². The second kappa shape index (κ2) is 6.29. The molecule has 1 atom stereocenters. The summed E-state index contributed by atoms with van der Waals surface area (Å²) in [6.45, 7) is 6.07. The molecule has 2 aromatic rings. The molecular formula is C17H20N2O3S2. The number of nitrogens with zero attached hydrogens (tertiary/aromatic N) is 1. The normalized spacial score (nSPS) is 19.4. The second-order valence-electron chi connectivity index (χ2n) is 6.33. The van der Waals surface area contributed by atoms with Crippen molar-refractivity contribution in [2.75, 3.05) is 16.8 Å². The first-order valence-electron chi connectivity index (χ1n) is 7.81. The Labute approximate surface area is 146 Å². The van der Waals surface area contributed by atoms with E-state index in [-0.39, 0.29) is 17.4 Å². The van der Waals surface area contributed by atoms with Crippen LogP contribution < -0.4 is 5.32 Å². The number of aromatic nitrogens is 1. The minimum absolute atomic E-state index is 0.0624. The van der Waals surface area contributed by atoms with E-state index in [9.17, 15) is 13.2 Å². The number of carbonyl (C=O) groups excluding carboxylic acids is 1.